The highest BCUT2D eigenvalue weighted by atomic mass is 19.1. The molecule has 0 amide bonds. The first-order valence-corrected chi connectivity index (χ1v) is 6.68. The third-order valence-electron chi connectivity index (χ3n) is 3.13. The smallest absolute Gasteiger partial charge is 0.134 e. The molecule has 0 saturated heterocycles. The van der Waals surface area contributed by atoms with Crippen LogP contribution < -0.4 is 5.32 Å². The van der Waals surface area contributed by atoms with Crippen LogP contribution in [0.1, 0.15) is 30.2 Å². The second-order valence-corrected chi connectivity index (χ2v) is 4.86. The van der Waals surface area contributed by atoms with Crippen LogP contribution in [-0.4, -0.2) is 6.54 Å². The van der Waals surface area contributed by atoms with Crippen molar-refractivity contribution in [3.05, 3.63) is 47.0 Å². The molecule has 0 unspecified atom stereocenters. The monoisotopic (exact) mass is 261 g/mol. The minimum absolute atomic E-state index is 0.199. The molecular formula is C16H20FNO. The van der Waals surface area contributed by atoms with Gasteiger partial charge >= 0.3 is 0 Å². The van der Waals surface area contributed by atoms with Gasteiger partial charge in [0.05, 0.1) is 6.54 Å². The van der Waals surface area contributed by atoms with Gasteiger partial charge in [0.25, 0.3) is 0 Å². The number of aryl methyl sites for hydroxylation is 2. The Hall–Kier alpha value is -1.61. The second-order valence-electron chi connectivity index (χ2n) is 4.86. The molecule has 0 saturated carbocycles. The summed E-state index contributed by atoms with van der Waals surface area (Å²) in [7, 11) is 0. The van der Waals surface area contributed by atoms with E-state index in [1.165, 1.54) is 0 Å². The zero-order valence-electron chi connectivity index (χ0n) is 11.7. The van der Waals surface area contributed by atoms with Gasteiger partial charge in [0.1, 0.15) is 17.3 Å². The van der Waals surface area contributed by atoms with Crippen LogP contribution in [-0.2, 0) is 6.54 Å². The Morgan fingerprint density at radius 1 is 1.16 bits per heavy atom. The molecule has 3 heteroatoms. The van der Waals surface area contributed by atoms with Gasteiger partial charge in [0.15, 0.2) is 0 Å². The fourth-order valence-electron chi connectivity index (χ4n) is 2.29. The van der Waals surface area contributed by atoms with E-state index in [0.717, 1.165) is 47.7 Å². The van der Waals surface area contributed by atoms with Crippen molar-refractivity contribution in [3.8, 4) is 11.3 Å². The van der Waals surface area contributed by atoms with E-state index in [1.54, 1.807) is 12.1 Å². The first-order valence-electron chi connectivity index (χ1n) is 6.68. The highest BCUT2D eigenvalue weighted by molar-refractivity contribution is 5.66. The van der Waals surface area contributed by atoms with Crippen molar-refractivity contribution in [1.29, 1.82) is 0 Å². The fourth-order valence-corrected chi connectivity index (χ4v) is 2.29. The van der Waals surface area contributed by atoms with Crippen molar-refractivity contribution in [2.24, 2.45) is 0 Å². The van der Waals surface area contributed by atoms with Crippen LogP contribution in [0, 0.1) is 19.7 Å². The largest absolute Gasteiger partial charge is 0.460 e. The molecule has 0 atom stereocenters. The van der Waals surface area contributed by atoms with E-state index >= 15 is 0 Å². The molecule has 0 fully saturated rings. The van der Waals surface area contributed by atoms with Gasteiger partial charge in [0.2, 0.25) is 0 Å². The maximum atomic E-state index is 13.3. The lowest BCUT2D eigenvalue weighted by molar-refractivity contribution is 0.493. The van der Waals surface area contributed by atoms with E-state index in [9.17, 15) is 4.39 Å². The van der Waals surface area contributed by atoms with Gasteiger partial charge < -0.3 is 9.73 Å². The number of hydrogen-bond donors (Lipinski definition) is 1. The first-order chi connectivity index (χ1) is 9.11. The standard InChI is InChI=1S/C16H20FNO/c1-4-7-18-10-14-5-6-15(19-14)16-11(2)8-13(17)9-12(16)3/h5-6,8-9,18H,4,7,10H2,1-3H3. The molecule has 19 heavy (non-hydrogen) atoms. The summed E-state index contributed by atoms with van der Waals surface area (Å²) in [5, 5.41) is 3.30. The Bertz CT molecular complexity index is 537. The van der Waals surface area contributed by atoms with E-state index in [2.05, 4.69) is 12.2 Å². The SMILES string of the molecule is CCCNCc1ccc(-c2c(C)cc(F)cc2C)o1. The van der Waals surface area contributed by atoms with Gasteiger partial charge in [-0.3, -0.25) is 0 Å². The third-order valence-corrected chi connectivity index (χ3v) is 3.13. The predicted molar refractivity (Wildman–Crippen MR) is 75.6 cm³/mol. The summed E-state index contributed by atoms with van der Waals surface area (Å²) in [5.41, 5.74) is 2.79. The van der Waals surface area contributed by atoms with Crippen molar-refractivity contribution in [2.75, 3.05) is 6.54 Å². The summed E-state index contributed by atoms with van der Waals surface area (Å²) in [6.45, 7) is 7.65. The van der Waals surface area contributed by atoms with Crippen LogP contribution in [0.25, 0.3) is 11.3 Å². The van der Waals surface area contributed by atoms with Gasteiger partial charge in [-0.15, -0.1) is 0 Å². The maximum absolute atomic E-state index is 13.3. The minimum Gasteiger partial charge on any atom is -0.460 e. The highest BCUT2D eigenvalue weighted by Crippen LogP contribution is 2.29. The van der Waals surface area contributed by atoms with E-state index in [4.69, 9.17) is 4.42 Å². The number of nitrogens with one attached hydrogen (secondary N) is 1. The Morgan fingerprint density at radius 3 is 2.47 bits per heavy atom. The molecular weight excluding hydrogens is 241 g/mol. The zero-order chi connectivity index (χ0) is 13.8. The molecule has 2 nitrogen and oxygen atoms in total. The van der Waals surface area contributed by atoms with E-state index < -0.39 is 0 Å². The number of halogens is 1. The van der Waals surface area contributed by atoms with E-state index in [0.29, 0.717) is 0 Å². The second kappa shape index (κ2) is 6.02. The molecule has 1 aromatic heterocycles. The van der Waals surface area contributed by atoms with Gasteiger partial charge in [-0.05, 0) is 62.2 Å². The molecule has 1 aromatic carbocycles. The van der Waals surface area contributed by atoms with E-state index in [1.807, 2.05) is 26.0 Å². The lowest BCUT2D eigenvalue weighted by atomic mass is 10.0. The maximum Gasteiger partial charge on any atom is 0.134 e. The average Bonchev–Trinajstić information content (AvgIpc) is 2.76. The molecule has 2 rings (SSSR count). The number of furan rings is 1. The van der Waals surface area contributed by atoms with Crippen molar-refractivity contribution >= 4 is 0 Å². The number of hydrogen-bond acceptors (Lipinski definition) is 2. The molecule has 0 aliphatic heterocycles. The Morgan fingerprint density at radius 2 is 1.84 bits per heavy atom. The Labute approximate surface area is 113 Å². The van der Waals surface area contributed by atoms with Gasteiger partial charge in [-0.25, -0.2) is 4.39 Å². The molecule has 1 N–H and O–H groups in total. The summed E-state index contributed by atoms with van der Waals surface area (Å²) < 4.78 is 19.1. The molecule has 0 aliphatic carbocycles. The first kappa shape index (κ1) is 13.8. The third kappa shape index (κ3) is 3.24. The molecule has 1 heterocycles. The molecule has 0 aliphatic rings. The van der Waals surface area contributed by atoms with Crippen molar-refractivity contribution < 1.29 is 8.81 Å². The highest BCUT2D eigenvalue weighted by Gasteiger charge is 2.11. The van der Waals surface area contributed by atoms with Crippen molar-refractivity contribution in [1.82, 2.24) is 5.32 Å². The van der Waals surface area contributed by atoms with Gasteiger partial charge in [-0.1, -0.05) is 6.92 Å². The van der Waals surface area contributed by atoms with Crippen LogP contribution in [0.15, 0.2) is 28.7 Å². The van der Waals surface area contributed by atoms with Crippen LogP contribution >= 0.6 is 0 Å². The van der Waals surface area contributed by atoms with Crippen LogP contribution in [0.2, 0.25) is 0 Å². The average molecular weight is 261 g/mol. The van der Waals surface area contributed by atoms with Crippen LogP contribution in [0.5, 0.6) is 0 Å². The molecule has 0 bridgehead atoms. The molecule has 0 spiro atoms. The Balaban J connectivity index is 2.23. The summed E-state index contributed by atoms with van der Waals surface area (Å²) in [6, 6.07) is 7.01. The predicted octanol–water partition coefficient (Wildman–Crippen LogP) is 4.20. The Kier molecular flexibility index (Phi) is 4.38. The summed E-state index contributed by atoms with van der Waals surface area (Å²) >= 11 is 0. The van der Waals surface area contributed by atoms with Gasteiger partial charge in [0, 0.05) is 5.56 Å². The molecule has 2 aromatic rings. The van der Waals surface area contributed by atoms with Crippen molar-refractivity contribution in [2.45, 2.75) is 33.7 Å². The minimum atomic E-state index is -0.199. The number of benzene rings is 1. The normalized spacial score (nSPS) is 10.9. The quantitative estimate of drug-likeness (QED) is 0.816. The summed E-state index contributed by atoms with van der Waals surface area (Å²) in [4.78, 5) is 0. The zero-order valence-corrected chi connectivity index (χ0v) is 11.7. The summed E-state index contributed by atoms with van der Waals surface area (Å²) in [6.07, 6.45) is 1.10. The summed E-state index contributed by atoms with van der Waals surface area (Å²) in [5.74, 6) is 1.52. The lowest BCUT2D eigenvalue weighted by Gasteiger charge is -2.07. The topological polar surface area (TPSA) is 25.2 Å². The lowest BCUT2D eigenvalue weighted by Crippen LogP contribution is -2.12. The molecule has 102 valence electrons. The number of rotatable bonds is 5. The molecule has 0 radical (unpaired) electrons. The van der Waals surface area contributed by atoms with E-state index in [-0.39, 0.29) is 5.82 Å². The van der Waals surface area contributed by atoms with Gasteiger partial charge in [-0.2, -0.15) is 0 Å². The van der Waals surface area contributed by atoms with Crippen LogP contribution in [0.4, 0.5) is 4.39 Å². The van der Waals surface area contributed by atoms with Crippen molar-refractivity contribution in [3.63, 3.8) is 0 Å². The van der Waals surface area contributed by atoms with Crippen LogP contribution in [0.3, 0.4) is 0 Å². The fraction of sp³-hybridized carbons (Fsp3) is 0.375.